The summed E-state index contributed by atoms with van der Waals surface area (Å²) in [7, 11) is -1.69. The molecule has 0 bridgehead atoms. The topological polar surface area (TPSA) is 52.9 Å². The molecule has 0 amide bonds. The first kappa shape index (κ1) is 10.9. The van der Waals surface area contributed by atoms with Crippen molar-refractivity contribution < 1.29 is 14.8 Å². The number of hydrogen-bond acceptors (Lipinski definition) is 4. The lowest BCUT2D eigenvalue weighted by atomic mass is 10.3. The maximum absolute atomic E-state index is 8.47. The van der Waals surface area contributed by atoms with Crippen LogP contribution in [-0.4, -0.2) is 35.5 Å². The predicted molar refractivity (Wildman–Crippen MR) is 43.4 cm³/mol. The largest absolute Gasteiger partial charge is 0.651 e. The summed E-state index contributed by atoms with van der Waals surface area (Å²) in [5.41, 5.74) is 0. The molecule has 0 aromatic carbocycles. The molecule has 4 nitrogen and oxygen atoms in total. The Bertz CT molecular complexity index is 85.9. The van der Waals surface area contributed by atoms with Crippen molar-refractivity contribution >= 4 is 7.32 Å². The second kappa shape index (κ2) is 6.60. The summed E-state index contributed by atoms with van der Waals surface area (Å²) in [6.45, 7) is 5.47. The van der Waals surface area contributed by atoms with E-state index >= 15 is 0 Å². The van der Waals surface area contributed by atoms with Crippen LogP contribution in [0.3, 0.4) is 0 Å². The summed E-state index contributed by atoms with van der Waals surface area (Å²) < 4.78 is 4.68. The lowest BCUT2D eigenvalue weighted by Gasteiger charge is -2.19. The minimum atomic E-state index is -1.69. The van der Waals surface area contributed by atoms with Gasteiger partial charge in [0.25, 0.3) is 0 Å². The van der Waals surface area contributed by atoms with Crippen molar-refractivity contribution in [1.82, 2.24) is 5.06 Å². The molecule has 66 valence electrons. The van der Waals surface area contributed by atoms with Gasteiger partial charge in [-0.25, -0.2) is 5.06 Å². The van der Waals surface area contributed by atoms with Gasteiger partial charge in [-0.15, -0.1) is 0 Å². The lowest BCUT2D eigenvalue weighted by Crippen LogP contribution is -2.33. The van der Waals surface area contributed by atoms with Gasteiger partial charge in [0.15, 0.2) is 0 Å². The zero-order valence-corrected chi connectivity index (χ0v) is 7.16. The Morgan fingerprint density at radius 3 is 1.91 bits per heavy atom. The van der Waals surface area contributed by atoms with Gasteiger partial charge < -0.3 is 10.0 Å². The Morgan fingerprint density at radius 2 is 1.64 bits per heavy atom. The highest BCUT2D eigenvalue weighted by molar-refractivity contribution is 6.32. The first-order valence-corrected chi connectivity index (χ1v) is 3.98. The van der Waals surface area contributed by atoms with Crippen LogP contribution in [0.2, 0.25) is 0 Å². The standard InChI is InChI=1S/C6H16BNO3/c1-3-5-8(6-4-2)11-7(9)10/h9-10H,3-6H2,1-2H3. The number of rotatable bonds is 6. The van der Waals surface area contributed by atoms with Crippen LogP contribution in [0, 0.1) is 0 Å². The van der Waals surface area contributed by atoms with Crippen molar-refractivity contribution in [2.45, 2.75) is 26.7 Å². The van der Waals surface area contributed by atoms with Crippen LogP contribution in [0.4, 0.5) is 0 Å². The van der Waals surface area contributed by atoms with Crippen molar-refractivity contribution in [3.63, 3.8) is 0 Å². The van der Waals surface area contributed by atoms with E-state index in [4.69, 9.17) is 10.0 Å². The molecule has 0 aliphatic heterocycles. The first-order chi connectivity index (χ1) is 5.20. The minimum absolute atomic E-state index is 0.728. The van der Waals surface area contributed by atoms with E-state index in [1.807, 2.05) is 13.8 Å². The molecule has 11 heavy (non-hydrogen) atoms. The molecule has 0 fully saturated rings. The molecular weight excluding hydrogens is 145 g/mol. The average Bonchev–Trinajstić information content (AvgIpc) is 1.87. The molecule has 0 atom stereocenters. The van der Waals surface area contributed by atoms with E-state index in [1.54, 1.807) is 5.06 Å². The third kappa shape index (κ3) is 6.31. The number of nitrogens with zero attached hydrogens (tertiary/aromatic N) is 1. The minimum Gasteiger partial charge on any atom is -0.401 e. The molecular formula is C6H16BNO3. The van der Waals surface area contributed by atoms with E-state index < -0.39 is 7.32 Å². The van der Waals surface area contributed by atoms with E-state index in [2.05, 4.69) is 4.76 Å². The van der Waals surface area contributed by atoms with Gasteiger partial charge in [-0.1, -0.05) is 13.8 Å². The molecule has 5 heteroatoms. The smallest absolute Gasteiger partial charge is 0.401 e. The van der Waals surface area contributed by atoms with Crippen LogP contribution >= 0.6 is 0 Å². The summed E-state index contributed by atoms with van der Waals surface area (Å²) in [6.07, 6.45) is 1.87. The van der Waals surface area contributed by atoms with Crippen molar-refractivity contribution in [3.05, 3.63) is 0 Å². The SMILES string of the molecule is CCCN(CCC)OB(O)O. The Kier molecular flexibility index (Phi) is 6.55. The zero-order chi connectivity index (χ0) is 8.69. The summed E-state index contributed by atoms with van der Waals surface area (Å²) in [5, 5.41) is 18.5. The molecule has 0 aromatic rings. The normalized spacial score (nSPS) is 10.6. The maximum atomic E-state index is 8.47. The van der Waals surface area contributed by atoms with E-state index in [-0.39, 0.29) is 0 Å². The average molecular weight is 161 g/mol. The van der Waals surface area contributed by atoms with Gasteiger partial charge in [0.05, 0.1) is 0 Å². The molecule has 0 radical (unpaired) electrons. The summed E-state index contributed by atoms with van der Waals surface area (Å²) in [6, 6.07) is 0. The Balaban J connectivity index is 3.50. The number of hydroxylamine groups is 2. The van der Waals surface area contributed by atoms with Crippen molar-refractivity contribution in [2.24, 2.45) is 0 Å². The fourth-order valence-corrected chi connectivity index (χ4v) is 0.849. The molecule has 0 saturated heterocycles. The second-order valence-corrected chi connectivity index (χ2v) is 2.36. The monoisotopic (exact) mass is 161 g/mol. The van der Waals surface area contributed by atoms with Gasteiger partial charge in [-0.3, -0.25) is 4.76 Å². The molecule has 0 aliphatic rings. The van der Waals surface area contributed by atoms with E-state index in [0.717, 1.165) is 25.9 Å². The van der Waals surface area contributed by atoms with E-state index in [1.165, 1.54) is 0 Å². The van der Waals surface area contributed by atoms with Gasteiger partial charge in [0.1, 0.15) is 0 Å². The van der Waals surface area contributed by atoms with E-state index in [9.17, 15) is 0 Å². The van der Waals surface area contributed by atoms with Gasteiger partial charge in [-0.05, 0) is 12.8 Å². The van der Waals surface area contributed by atoms with Gasteiger partial charge >= 0.3 is 7.32 Å². The third-order valence-electron chi connectivity index (χ3n) is 1.19. The van der Waals surface area contributed by atoms with Crippen LogP contribution in [0.1, 0.15) is 26.7 Å². The number of hydrogen-bond donors (Lipinski definition) is 2. The lowest BCUT2D eigenvalue weighted by molar-refractivity contribution is -0.0946. The first-order valence-electron chi connectivity index (χ1n) is 3.98. The van der Waals surface area contributed by atoms with E-state index in [0.29, 0.717) is 0 Å². The molecule has 0 rings (SSSR count). The highest BCUT2D eigenvalue weighted by Crippen LogP contribution is 1.95. The van der Waals surface area contributed by atoms with Crippen LogP contribution in [0.5, 0.6) is 0 Å². The van der Waals surface area contributed by atoms with Gasteiger partial charge in [0, 0.05) is 13.1 Å². The molecule has 0 aliphatic carbocycles. The van der Waals surface area contributed by atoms with Crippen LogP contribution in [0.25, 0.3) is 0 Å². The van der Waals surface area contributed by atoms with Gasteiger partial charge in [0.2, 0.25) is 0 Å². The third-order valence-corrected chi connectivity index (χ3v) is 1.19. The zero-order valence-electron chi connectivity index (χ0n) is 7.16. The summed E-state index contributed by atoms with van der Waals surface area (Å²) >= 11 is 0. The second-order valence-electron chi connectivity index (χ2n) is 2.36. The quantitative estimate of drug-likeness (QED) is 0.425. The molecule has 0 aromatic heterocycles. The maximum Gasteiger partial charge on any atom is 0.651 e. The molecule has 2 N–H and O–H groups in total. The molecule has 0 heterocycles. The Labute approximate surface area is 67.9 Å². The van der Waals surface area contributed by atoms with Crippen molar-refractivity contribution in [2.75, 3.05) is 13.1 Å². The molecule has 0 unspecified atom stereocenters. The van der Waals surface area contributed by atoms with Crippen LogP contribution < -0.4 is 0 Å². The van der Waals surface area contributed by atoms with Crippen molar-refractivity contribution in [1.29, 1.82) is 0 Å². The van der Waals surface area contributed by atoms with Crippen LogP contribution in [0.15, 0.2) is 0 Å². The highest BCUT2D eigenvalue weighted by Gasteiger charge is 2.14. The highest BCUT2D eigenvalue weighted by atomic mass is 16.7. The summed E-state index contributed by atoms with van der Waals surface area (Å²) in [5.74, 6) is 0. The van der Waals surface area contributed by atoms with Crippen LogP contribution in [-0.2, 0) is 4.76 Å². The Morgan fingerprint density at radius 1 is 1.18 bits per heavy atom. The molecule has 0 spiro atoms. The summed E-state index contributed by atoms with van der Waals surface area (Å²) in [4.78, 5) is 0. The Hall–Kier alpha value is -0.0951. The fourth-order valence-electron chi connectivity index (χ4n) is 0.849. The predicted octanol–water partition coefficient (Wildman–Crippen LogP) is 0.00950. The fraction of sp³-hybridized carbons (Fsp3) is 1.00. The molecule has 0 saturated carbocycles. The van der Waals surface area contributed by atoms with Gasteiger partial charge in [-0.2, -0.15) is 0 Å². The van der Waals surface area contributed by atoms with Crippen molar-refractivity contribution in [3.8, 4) is 0 Å².